The van der Waals surface area contributed by atoms with E-state index in [1.807, 2.05) is 13.0 Å². The predicted molar refractivity (Wildman–Crippen MR) is 53.3 cm³/mol. The Morgan fingerprint density at radius 3 is 3.21 bits per heavy atom. The lowest BCUT2D eigenvalue weighted by atomic mass is 10.2. The summed E-state index contributed by atoms with van der Waals surface area (Å²) in [5, 5.41) is 3.37. The minimum absolute atomic E-state index is 0.491. The van der Waals surface area contributed by atoms with Gasteiger partial charge in [0.25, 0.3) is 0 Å². The largest absolute Gasteiger partial charge is 0.476 e. The van der Waals surface area contributed by atoms with Gasteiger partial charge in [-0.15, -0.1) is 0 Å². The molecule has 2 heterocycles. The first kappa shape index (κ1) is 9.40. The van der Waals surface area contributed by atoms with E-state index in [1.165, 1.54) is 19.2 Å². The lowest BCUT2D eigenvalue weighted by Crippen LogP contribution is -2.28. The van der Waals surface area contributed by atoms with Gasteiger partial charge in [0.2, 0.25) is 5.88 Å². The molecule has 4 heteroatoms. The smallest absolute Gasteiger partial charge is 0.216 e. The van der Waals surface area contributed by atoms with Crippen LogP contribution in [-0.4, -0.2) is 29.2 Å². The quantitative estimate of drug-likeness (QED) is 0.775. The number of nitrogens with one attached hydrogen (secondary N) is 1. The van der Waals surface area contributed by atoms with Crippen LogP contribution in [-0.2, 0) is 0 Å². The fraction of sp³-hybridized carbons (Fsp3) is 0.600. The zero-order chi connectivity index (χ0) is 9.80. The number of hydrogen-bond donors (Lipinski definition) is 1. The van der Waals surface area contributed by atoms with Gasteiger partial charge in [0, 0.05) is 17.8 Å². The minimum atomic E-state index is 0.491. The van der Waals surface area contributed by atoms with E-state index < -0.39 is 0 Å². The van der Waals surface area contributed by atoms with Crippen molar-refractivity contribution in [2.24, 2.45) is 0 Å². The SMILES string of the molecule is Cc1cc(OCC2CCCN2)ncn1. The highest BCUT2D eigenvalue weighted by atomic mass is 16.5. The molecule has 1 aromatic rings. The Morgan fingerprint density at radius 1 is 1.57 bits per heavy atom. The van der Waals surface area contributed by atoms with Gasteiger partial charge >= 0.3 is 0 Å². The molecule has 0 spiro atoms. The molecule has 0 aliphatic carbocycles. The maximum Gasteiger partial charge on any atom is 0.216 e. The van der Waals surface area contributed by atoms with Crippen molar-refractivity contribution in [3.63, 3.8) is 0 Å². The molecule has 1 atom stereocenters. The highest BCUT2D eigenvalue weighted by Gasteiger charge is 2.14. The number of aryl methyl sites for hydroxylation is 1. The standard InChI is InChI=1S/C10H15N3O/c1-8-5-10(13-7-12-8)14-6-9-3-2-4-11-9/h5,7,9,11H,2-4,6H2,1H3. The maximum absolute atomic E-state index is 5.56. The van der Waals surface area contributed by atoms with E-state index in [1.54, 1.807) is 0 Å². The summed E-state index contributed by atoms with van der Waals surface area (Å²) < 4.78 is 5.56. The normalized spacial score (nSPS) is 21.1. The van der Waals surface area contributed by atoms with Crippen LogP contribution in [0.4, 0.5) is 0 Å². The first-order chi connectivity index (χ1) is 6.84. The average Bonchev–Trinajstić information content (AvgIpc) is 2.67. The fourth-order valence-corrected chi connectivity index (χ4v) is 1.59. The monoisotopic (exact) mass is 193 g/mol. The molecule has 1 aliphatic heterocycles. The minimum Gasteiger partial charge on any atom is -0.476 e. The molecule has 1 aliphatic rings. The van der Waals surface area contributed by atoms with Crippen LogP contribution in [0.25, 0.3) is 0 Å². The summed E-state index contributed by atoms with van der Waals surface area (Å²) >= 11 is 0. The molecule has 0 radical (unpaired) electrons. The average molecular weight is 193 g/mol. The molecule has 76 valence electrons. The second kappa shape index (κ2) is 4.37. The van der Waals surface area contributed by atoms with Gasteiger partial charge in [-0.1, -0.05) is 0 Å². The van der Waals surface area contributed by atoms with Gasteiger partial charge in [0.05, 0.1) is 0 Å². The van der Waals surface area contributed by atoms with Gasteiger partial charge in [0.1, 0.15) is 12.9 Å². The number of rotatable bonds is 3. The Morgan fingerprint density at radius 2 is 2.50 bits per heavy atom. The van der Waals surface area contributed by atoms with E-state index in [0.717, 1.165) is 12.2 Å². The Balaban J connectivity index is 1.85. The molecule has 0 amide bonds. The third-order valence-electron chi connectivity index (χ3n) is 2.37. The first-order valence-corrected chi connectivity index (χ1v) is 4.99. The van der Waals surface area contributed by atoms with Gasteiger partial charge in [-0.25, -0.2) is 9.97 Å². The van der Waals surface area contributed by atoms with Crippen LogP contribution in [0.3, 0.4) is 0 Å². The van der Waals surface area contributed by atoms with E-state index in [9.17, 15) is 0 Å². The Kier molecular flexibility index (Phi) is 2.93. The molecule has 14 heavy (non-hydrogen) atoms. The van der Waals surface area contributed by atoms with Gasteiger partial charge in [-0.05, 0) is 26.3 Å². The van der Waals surface area contributed by atoms with Gasteiger partial charge in [0.15, 0.2) is 0 Å². The van der Waals surface area contributed by atoms with Crippen molar-refractivity contribution in [2.45, 2.75) is 25.8 Å². The second-order valence-corrected chi connectivity index (χ2v) is 3.60. The Bertz CT molecular complexity index is 297. The molecule has 0 saturated carbocycles. The van der Waals surface area contributed by atoms with Crippen molar-refractivity contribution in [1.29, 1.82) is 0 Å². The van der Waals surface area contributed by atoms with Gasteiger partial charge < -0.3 is 10.1 Å². The topological polar surface area (TPSA) is 47.0 Å². The Labute approximate surface area is 83.7 Å². The van der Waals surface area contributed by atoms with Crippen molar-refractivity contribution in [3.05, 3.63) is 18.1 Å². The molecule has 2 rings (SSSR count). The van der Waals surface area contributed by atoms with E-state index in [0.29, 0.717) is 18.5 Å². The maximum atomic E-state index is 5.56. The molecular formula is C10H15N3O. The van der Waals surface area contributed by atoms with Crippen LogP contribution in [0.15, 0.2) is 12.4 Å². The first-order valence-electron chi connectivity index (χ1n) is 4.99. The molecule has 1 fully saturated rings. The van der Waals surface area contributed by atoms with Crippen LogP contribution < -0.4 is 10.1 Å². The molecule has 1 aromatic heterocycles. The van der Waals surface area contributed by atoms with E-state index >= 15 is 0 Å². The van der Waals surface area contributed by atoms with Crippen LogP contribution in [0, 0.1) is 6.92 Å². The number of ether oxygens (including phenoxy) is 1. The second-order valence-electron chi connectivity index (χ2n) is 3.60. The van der Waals surface area contributed by atoms with E-state index in [4.69, 9.17) is 4.74 Å². The molecule has 1 saturated heterocycles. The molecule has 4 nitrogen and oxygen atoms in total. The third-order valence-corrected chi connectivity index (χ3v) is 2.37. The van der Waals surface area contributed by atoms with Crippen LogP contribution in [0.1, 0.15) is 18.5 Å². The molecular weight excluding hydrogens is 178 g/mol. The lowest BCUT2D eigenvalue weighted by molar-refractivity contribution is 0.267. The summed E-state index contributed by atoms with van der Waals surface area (Å²) in [6.45, 7) is 3.75. The van der Waals surface area contributed by atoms with Crippen molar-refractivity contribution in [1.82, 2.24) is 15.3 Å². The van der Waals surface area contributed by atoms with Crippen LogP contribution in [0.5, 0.6) is 5.88 Å². The van der Waals surface area contributed by atoms with E-state index in [2.05, 4.69) is 15.3 Å². The summed E-state index contributed by atoms with van der Waals surface area (Å²) in [4.78, 5) is 8.05. The fourth-order valence-electron chi connectivity index (χ4n) is 1.59. The highest BCUT2D eigenvalue weighted by Crippen LogP contribution is 2.09. The Hall–Kier alpha value is -1.16. The third kappa shape index (κ3) is 2.42. The molecule has 1 unspecified atom stereocenters. The summed E-state index contributed by atoms with van der Waals surface area (Å²) in [5.74, 6) is 0.672. The zero-order valence-corrected chi connectivity index (χ0v) is 8.36. The lowest BCUT2D eigenvalue weighted by Gasteiger charge is -2.10. The molecule has 1 N–H and O–H groups in total. The van der Waals surface area contributed by atoms with Crippen molar-refractivity contribution >= 4 is 0 Å². The van der Waals surface area contributed by atoms with Crippen molar-refractivity contribution in [2.75, 3.05) is 13.2 Å². The van der Waals surface area contributed by atoms with Crippen molar-refractivity contribution < 1.29 is 4.74 Å². The molecule has 0 bridgehead atoms. The van der Waals surface area contributed by atoms with Crippen LogP contribution >= 0.6 is 0 Å². The summed E-state index contributed by atoms with van der Waals surface area (Å²) in [5.41, 5.74) is 0.939. The molecule has 0 aromatic carbocycles. The van der Waals surface area contributed by atoms with Crippen molar-refractivity contribution in [3.8, 4) is 5.88 Å². The zero-order valence-electron chi connectivity index (χ0n) is 8.36. The van der Waals surface area contributed by atoms with E-state index in [-0.39, 0.29) is 0 Å². The van der Waals surface area contributed by atoms with Gasteiger partial charge in [-0.3, -0.25) is 0 Å². The van der Waals surface area contributed by atoms with Crippen LogP contribution in [0.2, 0.25) is 0 Å². The summed E-state index contributed by atoms with van der Waals surface area (Å²) in [6.07, 6.45) is 3.98. The predicted octanol–water partition coefficient (Wildman–Crippen LogP) is 0.916. The van der Waals surface area contributed by atoms with Gasteiger partial charge in [-0.2, -0.15) is 0 Å². The number of aromatic nitrogens is 2. The number of nitrogens with zero attached hydrogens (tertiary/aromatic N) is 2. The summed E-state index contributed by atoms with van der Waals surface area (Å²) in [6, 6.07) is 2.35. The highest BCUT2D eigenvalue weighted by molar-refractivity contribution is 5.11. The summed E-state index contributed by atoms with van der Waals surface area (Å²) in [7, 11) is 0. The number of hydrogen-bond acceptors (Lipinski definition) is 4.